The highest BCUT2D eigenvalue weighted by Gasteiger charge is 2.35. The number of aromatic nitrogens is 4. The zero-order chi connectivity index (χ0) is 30.8. The normalized spacial score (nSPS) is 19.3. The van der Waals surface area contributed by atoms with Crippen molar-refractivity contribution in [1.29, 1.82) is 0 Å². The van der Waals surface area contributed by atoms with Gasteiger partial charge in [-0.15, -0.1) is 0 Å². The summed E-state index contributed by atoms with van der Waals surface area (Å²) in [5.74, 6) is 2.20. The van der Waals surface area contributed by atoms with E-state index in [2.05, 4.69) is 43.2 Å². The maximum atomic E-state index is 11.7. The number of rotatable bonds is 11. The van der Waals surface area contributed by atoms with Crippen LogP contribution in [0.3, 0.4) is 0 Å². The molecule has 1 saturated heterocycles. The molecule has 2 aliphatic rings. The minimum absolute atomic E-state index is 0.0158. The number of benzene rings is 1. The Morgan fingerprint density at radius 2 is 2.00 bits per heavy atom. The molecule has 4 aromatic rings. The van der Waals surface area contributed by atoms with Gasteiger partial charge in [0.05, 0.1) is 42.7 Å². The number of ether oxygens (including phenoxy) is 1. The molecular weight excluding hydrogens is 605 g/mol. The van der Waals surface area contributed by atoms with Gasteiger partial charge in [-0.2, -0.15) is 0 Å². The van der Waals surface area contributed by atoms with E-state index in [-0.39, 0.29) is 17.8 Å². The van der Waals surface area contributed by atoms with E-state index in [1.54, 1.807) is 30.5 Å². The number of carboxylic acids is 1. The first-order valence-electron chi connectivity index (χ1n) is 14.8. The first-order chi connectivity index (χ1) is 21.2. The average Bonchev–Trinajstić information content (AvgIpc) is 3.70. The number of oxazole rings is 1. The molecule has 0 amide bonds. The predicted molar refractivity (Wildman–Crippen MR) is 168 cm³/mol. The third kappa shape index (κ3) is 6.55. The van der Waals surface area contributed by atoms with Crippen molar-refractivity contribution < 1.29 is 19.1 Å². The number of piperidine rings is 1. The third-order valence-corrected chi connectivity index (χ3v) is 9.02. The topological polar surface area (TPSA) is 122 Å². The van der Waals surface area contributed by atoms with E-state index in [1.165, 1.54) is 6.07 Å². The van der Waals surface area contributed by atoms with Crippen LogP contribution >= 0.6 is 23.2 Å². The second kappa shape index (κ2) is 12.7. The number of carbonyl (C=O) groups is 1. The molecule has 5 heterocycles. The number of aromatic carboxylic acids is 1. The molecule has 0 radical (unpaired) electrons. The van der Waals surface area contributed by atoms with Gasteiger partial charge in [0.2, 0.25) is 5.89 Å². The van der Waals surface area contributed by atoms with E-state index in [9.17, 15) is 9.90 Å². The SMILES string of the molecule is CCN1C=NCC1(C)Cn1c(CN2CCC(Cc3cnc(COc4ccc(Cl)cc4Cl)o3)CC2)nc2ccc(C(=O)O)nc21. The highest BCUT2D eigenvalue weighted by Crippen LogP contribution is 2.30. The van der Waals surface area contributed by atoms with Crippen molar-refractivity contribution in [2.75, 3.05) is 26.2 Å². The third-order valence-electron chi connectivity index (χ3n) is 8.48. The van der Waals surface area contributed by atoms with Crippen LogP contribution in [0.15, 0.2) is 45.9 Å². The molecule has 1 N–H and O–H groups in total. The minimum atomic E-state index is -1.05. The molecule has 1 atom stereocenters. The van der Waals surface area contributed by atoms with Crippen LogP contribution in [0, 0.1) is 5.92 Å². The summed E-state index contributed by atoms with van der Waals surface area (Å²) in [6, 6.07) is 8.36. The molecule has 1 unspecified atom stereocenters. The summed E-state index contributed by atoms with van der Waals surface area (Å²) < 4.78 is 13.8. The average molecular weight is 641 g/mol. The van der Waals surface area contributed by atoms with Gasteiger partial charge in [-0.25, -0.2) is 19.7 Å². The number of hydrogen-bond donors (Lipinski definition) is 1. The van der Waals surface area contributed by atoms with E-state index in [4.69, 9.17) is 37.3 Å². The first kappa shape index (κ1) is 30.4. The molecule has 1 aromatic carbocycles. The second-order valence-corrected chi connectivity index (χ2v) is 12.5. The van der Waals surface area contributed by atoms with Crippen molar-refractivity contribution >= 4 is 46.7 Å². The number of hydrogen-bond acceptors (Lipinski definition) is 9. The van der Waals surface area contributed by atoms with Gasteiger partial charge in [0.1, 0.15) is 22.9 Å². The van der Waals surface area contributed by atoms with Gasteiger partial charge in [-0.1, -0.05) is 23.2 Å². The number of likely N-dealkylation sites (tertiary alicyclic amines) is 1. The summed E-state index contributed by atoms with van der Waals surface area (Å²) in [6.45, 7) is 9.08. The molecular formula is C31H35Cl2N7O4. The number of nitrogens with zero attached hydrogens (tertiary/aromatic N) is 7. The lowest BCUT2D eigenvalue weighted by Gasteiger charge is -2.35. The fourth-order valence-corrected chi connectivity index (χ4v) is 6.50. The quantitative estimate of drug-likeness (QED) is 0.224. The summed E-state index contributed by atoms with van der Waals surface area (Å²) in [4.78, 5) is 34.7. The van der Waals surface area contributed by atoms with E-state index >= 15 is 0 Å². The number of halogens is 2. The monoisotopic (exact) mass is 639 g/mol. The molecule has 11 nitrogen and oxygen atoms in total. The van der Waals surface area contributed by atoms with Crippen LogP contribution in [0.25, 0.3) is 11.2 Å². The number of aliphatic imine (C=N–C) groups is 1. The lowest BCUT2D eigenvalue weighted by Crippen LogP contribution is -2.47. The maximum Gasteiger partial charge on any atom is 0.354 e. The summed E-state index contributed by atoms with van der Waals surface area (Å²) in [7, 11) is 0. The Kier molecular flexibility index (Phi) is 8.80. The van der Waals surface area contributed by atoms with Crippen LogP contribution < -0.4 is 4.74 Å². The van der Waals surface area contributed by atoms with Crippen molar-refractivity contribution in [2.24, 2.45) is 10.9 Å². The van der Waals surface area contributed by atoms with Crippen LogP contribution in [-0.4, -0.2) is 78.5 Å². The Morgan fingerprint density at radius 1 is 1.18 bits per heavy atom. The largest absolute Gasteiger partial charge is 0.482 e. The van der Waals surface area contributed by atoms with Crippen LogP contribution in [0.5, 0.6) is 5.75 Å². The molecule has 3 aromatic heterocycles. The molecule has 2 aliphatic heterocycles. The van der Waals surface area contributed by atoms with Gasteiger partial charge in [-0.3, -0.25) is 9.89 Å². The Morgan fingerprint density at radius 3 is 2.75 bits per heavy atom. The molecule has 6 rings (SSSR count). The van der Waals surface area contributed by atoms with Gasteiger partial charge < -0.3 is 23.7 Å². The zero-order valence-corrected chi connectivity index (χ0v) is 26.3. The van der Waals surface area contributed by atoms with Gasteiger partial charge in [0.15, 0.2) is 17.9 Å². The molecule has 44 heavy (non-hydrogen) atoms. The Labute approximate surface area is 265 Å². The highest BCUT2D eigenvalue weighted by molar-refractivity contribution is 6.35. The van der Waals surface area contributed by atoms with Crippen LogP contribution in [0.1, 0.15) is 54.7 Å². The number of pyridine rings is 1. The molecule has 0 spiro atoms. The number of imidazole rings is 1. The second-order valence-electron chi connectivity index (χ2n) is 11.7. The number of carboxylic acid groups (broad SMARTS) is 1. The summed E-state index contributed by atoms with van der Waals surface area (Å²) >= 11 is 12.2. The van der Waals surface area contributed by atoms with Crippen molar-refractivity contribution in [3.05, 3.63) is 69.7 Å². The standard InChI is InChI=1S/C31H35Cl2N7O4/c1-3-39-19-34-17-31(39,2)18-40-27(36-24-5-6-25(30(41)42)37-29(24)40)15-38-10-8-20(9-11-38)12-22-14-35-28(44-22)16-43-26-7-4-21(32)13-23(26)33/h4-7,13-14,19-20H,3,8-12,15-18H2,1-2H3,(H,41,42). The van der Waals surface area contributed by atoms with E-state index in [0.717, 1.165) is 50.5 Å². The van der Waals surface area contributed by atoms with E-state index in [0.29, 0.717) is 58.4 Å². The Balaban J connectivity index is 1.09. The van der Waals surface area contributed by atoms with Crippen molar-refractivity contribution in [2.45, 2.75) is 58.3 Å². The van der Waals surface area contributed by atoms with Crippen molar-refractivity contribution in [1.82, 2.24) is 29.3 Å². The maximum absolute atomic E-state index is 11.7. The van der Waals surface area contributed by atoms with Crippen molar-refractivity contribution in [3.63, 3.8) is 0 Å². The highest BCUT2D eigenvalue weighted by atomic mass is 35.5. The summed E-state index contributed by atoms with van der Waals surface area (Å²) in [6.07, 6.45) is 6.53. The fourth-order valence-electron chi connectivity index (χ4n) is 6.04. The molecule has 0 aliphatic carbocycles. The van der Waals surface area contributed by atoms with Gasteiger partial charge in [-0.05, 0) is 76.0 Å². The smallest absolute Gasteiger partial charge is 0.354 e. The molecule has 1 fully saturated rings. The minimum Gasteiger partial charge on any atom is -0.482 e. The first-order valence-corrected chi connectivity index (χ1v) is 15.6. The zero-order valence-electron chi connectivity index (χ0n) is 24.7. The number of fused-ring (bicyclic) bond motifs is 1. The summed E-state index contributed by atoms with van der Waals surface area (Å²) in [5, 5.41) is 10.6. The molecule has 13 heteroatoms. The lowest BCUT2D eigenvalue weighted by atomic mass is 9.93. The van der Waals surface area contributed by atoms with Crippen LogP contribution in [0.4, 0.5) is 0 Å². The summed E-state index contributed by atoms with van der Waals surface area (Å²) in [5.41, 5.74) is 1.07. The molecule has 232 valence electrons. The van der Waals surface area contributed by atoms with Gasteiger partial charge >= 0.3 is 5.97 Å². The predicted octanol–water partition coefficient (Wildman–Crippen LogP) is 5.58. The molecule has 0 saturated carbocycles. The van der Waals surface area contributed by atoms with Gasteiger partial charge in [0, 0.05) is 18.0 Å². The van der Waals surface area contributed by atoms with Crippen molar-refractivity contribution in [3.8, 4) is 5.75 Å². The van der Waals surface area contributed by atoms with Crippen LogP contribution in [0.2, 0.25) is 10.0 Å². The molecule has 0 bridgehead atoms. The Hall–Kier alpha value is -3.67. The van der Waals surface area contributed by atoms with Crippen LogP contribution in [-0.2, 0) is 26.1 Å². The van der Waals surface area contributed by atoms with E-state index < -0.39 is 5.97 Å². The Bertz CT molecular complexity index is 1680. The lowest BCUT2D eigenvalue weighted by molar-refractivity contribution is 0.0691. The number of likely N-dealkylation sites (N-methyl/N-ethyl adjacent to an activating group) is 1. The van der Waals surface area contributed by atoms with E-state index in [1.807, 2.05) is 6.34 Å². The fraction of sp³-hybridized carbons (Fsp3) is 0.452. The van der Waals surface area contributed by atoms with Gasteiger partial charge in [0.25, 0.3) is 0 Å².